The molecule has 0 saturated heterocycles. The third-order valence-electron chi connectivity index (χ3n) is 4.51. The van der Waals surface area contributed by atoms with Gasteiger partial charge < -0.3 is 15.3 Å². The van der Waals surface area contributed by atoms with Crippen LogP contribution in [0.5, 0.6) is 11.5 Å². The van der Waals surface area contributed by atoms with E-state index < -0.39 is 0 Å². The second-order valence-corrected chi connectivity index (χ2v) is 9.30. The Labute approximate surface area is 189 Å². The van der Waals surface area contributed by atoms with E-state index in [4.69, 9.17) is 17.7 Å². The van der Waals surface area contributed by atoms with E-state index >= 15 is 0 Å². The molecule has 0 saturated carbocycles. The first kappa shape index (κ1) is 26.3. The van der Waals surface area contributed by atoms with Crippen LogP contribution in [0.15, 0.2) is 42.5 Å². The van der Waals surface area contributed by atoms with E-state index in [1.165, 1.54) is 37.7 Å². The van der Waals surface area contributed by atoms with E-state index in [2.05, 4.69) is 49.0 Å². The van der Waals surface area contributed by atoms with E-state index in [1.807, 2.05) is 11.8 Å². The molecule has 0 aromatic heterocycles. The third-order valence-corrected chi connectivity index (χ3v) is 7.01. The van der Waals surface area contributed by atoms with Crippen molar-refractivity contribution in [2.45, 2.75) is 55.8 Å². The summed E-state index contributed by atoms with van der Waals surface area (Å²) < 4.78 is 0. The Bertz CT molecular complexity index is 705. The van der Waals surface area contributed by atoms with Crippen LogP contribution >= 0.6 is 23.5 Å². The number of carboxylic acid groups (broad SMARTS) is 1. The molecule has 3 N–H and O–H groups in total. The number of rotatable bonds is 12. The Hall–Kier alpha value is -1.73. The number of hydrogen-bond donors (Lipinski definition) is 3. The maximum absolute atomic E-state index is 9.73. The minimum atomic E-state index is -0.250. The first-order chi connectivity index (χ1) is 14.5. The van der Waals surface area contributed by atoms with Gasteiger partial charge in [-0.05, 0) is 47.3 Å². The molecule has 1 atom stereocenters. The summed E-state index contributed by atoms with van der Waals surface area (Å²) >= 11 is 3.91. The van der Waals surface area contributed by atoms with Crippen LogP contribution in [0.1, 0.15) is 50.2 Å². The summed E-state index contributed by atoms with van der Waals surface area (Å²) in [5.74, 6) is 2.83. The number of carbonyl (C=O) groups is 1. The molecular weight excluding hydrogens is 415 g/mol. The molecule has 0 amide bonds. The SMILES string of the molecule is O=CO.[B]c1c(O)cc(CSCCC(CCCCC)SCc2ccccc2)cc1O. The van der Waals surface area contributed by atoms with E-state index in [9.17, 15) is 10.2 Å². The number of thioether (sulfide) groups is 2. The molecule has 2 aromatic carbocycles. The van der Waals surface area contributed by atoms with Gasteiger partial charge in [-0.25, -0.2) is 0 Å². The Morgan fingerprint density at radius 2 is 1.63 bits per heavy atom. The normalized spacial score (nSPS) is 11.4. The summed E-state index contributed by atoms with van der Waals surface area (Å²) in [5.41, 5.74) is 2.35. The number of aromatic hydroxyl groups is 2. The highest BCUT2D eigenvalue weighted by molar-refractivity contribution is 7.99. The second-order valence-electron chi connectivity index (χ2n) is 6.91. The van der Waals surface area contributed by atoms with Crippen molar-refractivity contribution in [2.75, 3.05) is 5.75 Å². The average Bonchev–Trinajstić information content (AvgIpc) is 2.74. The molecule has 0 aliphatic carbocycles. The molecule has 2 aromatic rings. The molecule has 162 valence electrons. The second kappa shape index (κ2) is 16.0. The topological polar surface area (TPSA) is 77.8 Å². The van der Waals surface area contributed by atoms with Gasteiger partial charge >= 0.3 is 0 Å². The van der Waals surface area contributed by atoms with Crippen LogP contribution in [0, 0.1) is 0 Å². The smallest absolute Gasteiger partial charge is 0.290 e. The van der Waals surface area contributed by atoms with Crippen molar-refractivity contribution in [3.63, 3.8) is 0 Å². The van der Waals surface area contributed by atoms with Gasteiger partial charge in [0.2, 0.25) is 0 Å². The van der Waals surface area contributed by atoms with E-state index in [0.29, 0.717) is 5.25 Å². The fourth-order valence-corrected chi connectivity index (χ4v) is 5.27. The van der Waals surface area contributed by atoms with Crippen LogP contribution in [0.2, 0.25) is 0 Å². The first-order valence-electron chi connectivity index (χ1n) is 10.1. The molecule has 0 spiro atoms. The Morgan fingerprint density at radius 3 is 2.23 bits per heavy atom. The fraction of sp³-hybridized carbons (Fsp3) is 0.435. The summed E-state index contributed by atoms with van der Waals surface area (Å²) in [4.78, 5) is 8.36. The summed E-state index contributed by atoms with van der Waals surface area (Å²) in [6, 6.07) is 14.0. The molecule has 4 nitrogen and oxygen atoms in total. The number of hydrogen-bond acceptors (Lipinski definition) is 5. The van der Waals surface area contributed by atoms with Gasteiger partial charge in [-0.2, -0.15) is 23.5 Å². The van der Waals surface area contributed by atoms with Gasteiger partial charge in [-0.3, -0.25) is 4.79 Å². The molecule has 0 bridgehead atoms. The highest BCUT2D eigenvalue weighted by atomic mass is 32.2. The minimum Gasteiger partial charge on any atom is -0.508 e. The summed E-state index contributed by atoms with van der Waals surface area (Å²) in [6.07, 6.45) is 6.32. The predicted octanol–water partition coefficient (Wildman–Crippen LogP) is 5.10. The molecule has 2 rings (SSSR count). The van der Waals surface area contributed by atoms with Crippen LogP contribution in [-0.4, -0.2) is 40.6 Å². The summed E-state index contributed by atoms with van der Waals surface area (Å²) in [7, 11) is 5.57. The number of phenols is 2. The molecule has 30 heavy (non-hydrogen) atoms. The zero-order chi connectivity index (χ0) is 22.2. The van der Waals surface area contributed by atoms with Crippen LogP contribution < -0.4 is 5.46 Å². The lowest BCUT2D eigenvalue weighted by molar-refractivity contribution is -0.122. The monoisotopic (exact) mass is 446 g/mol. The minimum absolute atomic E-state index is 0.0403. The van der Waals surface area contributed by atoms with E-state index in [-0.39, 0.29) is 23.4 Å². The molecular formula is C23H31BO4S2. The van der Waals surface area contributed by atoms with Crippen molar-refractivity contribution < 1.29 is 20.1 Å². The maximum atomic E-state index is 9.73. The van der Waals surface area contributed by atoms with E-state index in [0.717, 1.165) is 22.8 Å². The maximum Gasteiger partial charge on any atom is 0.290 e. The van der Waals surface area contributed by atoms with Crippen molar-refractivity contribution in [3.05, 3.63) is 53.6 Å². The van der Waals surface area contributed by atoms with Crippen LogP contribution in [0.3, 0.4) is 0 Å². The quantitative estimate of drug-likeness (QED) is 0.239. The van der Waals surface area contributed by atoms with Crippen molar-refractivity contribution in [1.82, 2.24) is 0 Å². The van der Waals surface area contributed by atoms with Crippen molar-refractivity contribution in [3.8, 4) is 11.5 Å². The molecule has 0 heterocycles. The number of benzene rings is 2. The highest BCUT2D eigenvalue weighted by Crippen LogP contribution is 2.28. The number of phenolic OH excluding ortho intramolecular Hbond substituents is 2. The molecule has 0 aliphatic heterocycles. The number of unbranched alkanes of at least 4 members (excludes halogenated alkanes) is 2. The predicted molar refractivity (Wildman–Crippen MR) is 130 cm³/mol. The van der Waals surface area contributed by atoms with Gasteiger partial charge in [0.1, 0.15) is 19.3 Å². The lowest BCUT2D eigenvalue weighted by atomic mass is 9.93. The van der Waals surface area contributed by atoms with E-state index in [1.54, 1.807) is 12.1 Å². The Balaban J connectivity index is 0.00000141. The first-order valence-corrected chi connectivity index (χ1v) is 12.3. The molecule has 0 aliphatic rings. The lowest BCUT2D eigenvalue weighted by Crippen LogP contribution is -2.06. The standard InChI is InChI=1S/C22H29BO2S2.CH2O2/c1-2-3-5-10-19(27-16-17-8-6-4-7-9-17)11-12-26-15-18-13-20(24)22(23)21(25)14-18;2-1-3/h4,6-9,13-14,19,24-25H,2-3,5,10-12,15-16H2,1H3;1H,(H,2,3). The molecule has 7 heteroatoms. The van der Waals surface area contributed by atoms with Gasteiger partial charge in [0.15, 0.2) is 0 Å². The van der Waals surface area contributed by atoms with Crippen molar-refractivity contribution >= 4 is 43.3 Å². The Kier molecular flexibility index (Phi) is 14.1. The molecule has 0 fully saturated rings. The zero-order valence-corrected chi connectivity index (χ0v) is 19.1. The van der Waals surface area contributed by atoms with Gasteiger partial charge in [0.05, 0.1) is 0 Å². The fourth-order valence-electron chi connectivity index (χ4n) is 2.89. The summed E-state index contributed by atoms with van der Waals surface area (Å²) in [6.45, 7) is 2.00. The van der Waals surface area contributed by atoms with Gasteiger partial charge in [-0.1, -0.05) is 56.5 Å². The summed E-state index contributed by atoms with van der Waals surface area (Å²) in [5, 5.41) is 27.0. The van der Waals surface area contributed by atoms with Gasteiger partial charge in [-0.15, -0.1) is 0 Å². The highest BCUT2D eigenvalue weighted by Gasteiger charge is 2.10. The van der Waals surface area contributed by atoms with Crippen molar-refractivity contribution in [1.29, 1.82) is 0 Å². The zero-order valence-electron chi connectivity index (χ0n) is 17.5. The van der Waals surface area contributed by atoms with Crippen LogP contribution in [0.25, 0.3) is 0 Å². The van der Waals surface area contributed by atoms with Gasteiger partial charge in [0.25, 0.3) is 6.47 Å². The van der Waals surface area contributed by atoms with Crippen LogP contribution in [0.4, 0.5) is 0 Å². The van der Waals surface area contributed by atoms with Crippen molar-refractivity contribution in [2.24, 2.45) is 0 Å². The largest absolute Gasteiger partial charge is 0.508 e. The average molecular weight is 446 g/mol. The Morgan fingerprint density at radius 1 is 1.00 bits per heavy atom. The lowest BCUT2D eigenvalue weighted by Gasteiger charge is -2.16. The van der Waals surface area contributed by atoms with Gasteiger partial charge in [0, 0.05) is 16.8 Å². The third kappa shape index (κ3) is 10.9. The molecule has 2 radical (unpaired) electrons. The molecule has 1 unspecified atom stereocenters. The van der Waals surface area contributed by atoms with Crippen LogP contribution in [-0.2, 0) is 16.3 Å².